The molecule has 94 valence electrons. The lowest BCUT2D eigenvalue weighted by Crippen LogP contribution is -2.17. The second-order valence-electron chi connectivity index (χ2n) is 5.38. The third-order valence-corrected chi connectivity index (χ3v) is 2.69. The number of carbonyl (C=O) groups is 1. The summed E-state index contributed by atoms with van der Waals surface area (Å²) in [5, 5.41) is 9.08. The van der Waals surface area contributed by atoms with Gasteiger partial charge in [0.25, 0.3) is 0 Å². The molecule has 0 spiro atoms. The second kappa shape index (κ2) is 7.48. The molecule has 0 aliphatic rings. The highest BCUT2D eigenvalue weighted by Gasteiger charge is 2.22. The van der Waals surface area contributed by atoms with Crippen LogP contribution < -0.4 is 0 Å². The Hall–Kier alpha value is -0.790. The van der Waals surface area contributed by atoms with Crippen molar-refractivity contribution < 1.29 is 9.90 Å². The third-order valence-electron chi connectivity index (χ3n) is 2.69. The molecule has 0 radical (unpaired) electrons. The first-order valence-electron chi connectivity index (χ1n) is 6.33. The van der Waals surface area contributed by atoms with Crippen LogP contribution in [-0.4, -0.2) is 11.1 Å². The van der Waals surface area contributed by atoms with E-state index in [1.54, 1.807) is 0 Å². The van der Waals surface area contributed by atoms with Crippen molar-refractivity contribution in [1.29, 1.82) is 0 Å². The first-order valence-corrected chi connectivity index (χ1v) is 6.33. The fraction of sp³-hybridized carbons (Fsp3) is 0.786. The van der Waals surface area contributed by atoms with Crippen LogP contribution >= 0.6 is 0 Å². The molecule has 0 saturated carbocycles. The van der Waals surface area contributed by atoms with Gasteiger partial charge in [0.15, 0.2) is 0 Å². The Morgan fingerprint density at radius 2 is 1.69 bits per heavy atom. The summed E-state index contributed by atoms with van der Waals surface area (Å²) in [4.78, 5) is 11.0. The van der Waals surface area contributed by atoms with Crippen molar-refractivity contribution in [3.63, 3.8) is 0 Å². The molecule has 0 aliphatic heterocycles. The van der Waals surface area contributed by atoms with E-state index in [1.165, 1.54) is 25.7 Å². The predicted molar refractivity (Wildman–Crippen MR) is 68.5 cm³/mol. The van der Waals surface area contributed by atoms with E-state index >= 15 is 0 Å². The van der Waals surface area contributed by atoms with Gasteiger partial charge in [0.05, 0.1) is 0 Å². The van der Waals surface area contributed by atoms with Gasteiger partial charge in [-0.15, -0.1) is 0 Å². The monoisotopic (exact) mass is 226 g/mol. The summed E-state index contributed by atoms with van der Waals surface area (Å²) in [5.41, 5.74) is 0.290. The summed E-state index contributed by atoms with van der Waals surface area (Å²) in [6, 6.07) is 0. The van der Waals surface area contributed by atoms with E-state index in [-0.39, 0.29) is 5.41 Å². The fourth-order valence-electron chi connectivity index (χ4n) is 1.71. The van der Waals surface area contributed by atoms with Crippen LogP contribution in [0.2, 0.25) is 0 Å². The number of allylic oxidation sites excluding steroid dienone is 1. The van der Waals surface area contributed by atoms with Crippen molar-refractivity contribution in [2.45, 2.75) is 66.2 Å². The molecule has 0 unspecified atom stereocenters. The van der Waals surface area contributed by atoms with Gasteiger partial charge in [-0.25, -0.2) is 4.79 Å². The molecule has 0 aromatic carbocycles. The molecule has 0 aromatic rings. The highest BCUT2D eigenvalue weighted by atomic mass is 16.4. The van der Waals surface area contributed by atoms with E-state index in [0.717, 1.165) is 12.8 Å². The van der Waals surface area contributed by atoms with Gasteiger partial charge in [-0.3, -0.25) is 0 Å². The molecule has 0 heterocycles. The molecule has 0 atom stereocenters. The van der Waals surface area contributed by atoms with Gasteiger partial charge in [0.1, 0.15) is 0 Å². The van der Waals surface area contributed by atoms with Gasteiger partial charge in [0.2, 0.25) is 0 Å². The molecule has 0 saturated heterocycles. The molecule has 0 aromatic heterocycles. The Bertz CT molecular complexity index is 234. The Kier molecular flexibility index (Phi) is 7.11. The highest BCUT2D eigenvalue weighted by Crippen LogP contribution is 2.26. The maximum atomic E-state index is 11.0. The number of hydrogen-bond acceptors (Lipinski definition) is 1. The second-order valence-corrected chi connectivity index (χ2v) is 5.38. The number of rotatable bonds is 7. The molecule has 1 N–H and O–H groups in total. The van der Waals surface area contributed by atoms with Gasteiger partial charge in [-0.2, -0.15) is 0 Å². The molecule has 16 heavy (non-hydrogen) atoms. The Morgan fingerprint density at radius 1 is 1.12 bits per heavy atom. The highest BCUT2D eigenvalue weighted by molar-refractivity contribution is 5.87. The zero-order valence-electron chi connectivity index (χ0n) is 11.2. The standard InChI is InChI=1S/C14H26O2/c1-5-6-7-8-9-10-11-12(13(15)16)14(2,3)4/h11H,5-10H2,1-4H3,(H,15,16)/b12-11+. The Balaban J connectivity index is 4.02. The van der Waals surface area contributed by atoms with Crippen LogP contribution in [0.1, 0.15) is 66.2 Å². The van der Waals surface area contributed by atoms with Crippen LogP contribution in [0, 0.1) is 5.41 Å². The average Bonchev–Trinajstić information content (AvgIpc) is 2.13. The smallest absolute Gasteiger partial charge is 0.331 e. The van der Waals surface area contributed by atoms with Gasteiger partial charge in [-0.05, 0) is 18.3 Å². The molecule has 2 heteroatoms. The summed E-state index contributed by atoms with van der Waals surface area (Å²) in [7, 11) is 0. The van der Waals surface area contributed by atoms with Gasteiger partial charge < -0.3 is 5.11 Å². The summed E-state index contributed by atoms with van der Waals surface area (Å²) in [5.74, 6) is -0.777. The first kappa shape index (κ1) is 15.2. The number of carboxylic acids is 1. The minimum atomic E-state index is -0.777. The minimum absolute atomic E-state index is 0.255. The lowest BCUT2D eigenvalue weighted by Gasteiger charge is -2.19. The van der Waals surface area contributed by atoms with Crippen LogP contribution in [0.25, 0.3) is 0 Å². The van der Waals surface area contributed by atoms with E-state index in [2.05, 4.69) is 6.92 Å². The van der Waals surface area contributed by atoms with E-state index in [9.17, 15) is 4.79 Å². The lowest BCUT2D eigenvalue weighted by atomic mass is 9.85. The van der Waals surface area contributed by atoms with Crippen molar-refractivity contribution >= 4 is 5.97 Å². The van der Waals surface area contributed by atoms with Crippen LogP contribution in [0.15, 0.2) is 11.6 Å². The third kappa shape index (κ3) is 6.65. The molecule has 0 amide bonds. The maximum Gasteiger partial charge on any atom is 0.331 e. The molecule has 0 fully saturated rings. The quantitative estimate of drug-likeness (QED) is 0.516. The van der Waals surface area contributed by atoms with E-state index in [0.29, 0.717) is 5.57 Å². The van der Waals surface area contributed by atoms with E-state index in [1.807, 2.05) is 26.8 Å². The summed E-state index contributed by atoms with van der Waals surface area (Å²) < 4.78 is 0. The van der Waals surface area contributed by atoms with Crippen molar-refractivity contribution in [2.24, 2.45) is 5.41 Å². The van der Waals surface area contributed by atoms with Crippen LogP contribution in [0.5, 0.6) is 0 Å². The van der Waals surface area contributed by atoms with Gasteiger partial charge in [-0.1, -0.05) is 59.5 Å². The van der Waals surface area contributed by atoms with Crippen LogP contribution in [0.4, 0.5) is 0 Å². The Labute approximate surface area is 99.7 Å². The first-order chi connectivity index (χ1) is 7.39. The summed E-state index contributed by atoms with van der Waals surface area (Å²) >= 11 is 0. The zero-order valence-corrected chi connectivity index (χ0v) is 11.2. The predicted octanol–water partition coefficient (Wildman–Crippen LogP) is 4.40. The van der Waals surface area contributed by atoms with E-state index < -0.39 is 5.97 Å². The SMILES string of the molecule is CCCCCCC/C=C(\C(=O)O)C(C)(C)C. The largest absolute Gasteiger partial charge is 0.478 e. The summed E-state index contributed by atoms with van der Waals surface area (Å²) in [6.07, 6.45) is 8.90. The van der Waals surface area contributed by atoms with Gasteiger partial charge >= 0.3 is 5.97 Å². The topological polar surface area (TPSA) is 37.3 Å². The zero-order chi connectivity index (χ0) is 12.6. The Morgan fingerprint density at radius 3 is 2.12 bits per heavy atom. The van der Waals surface area contributed by atoms with Crippen LogP contribution in [0.3, 0.4) is 0 Å². The molecule has 2 nitrogen and oxygen atoms in total. The molecule has 0 aliphatic carbocycles. The number of unbranched alkanes of at least 4 members (excludes halogenated alkanes) is 5. The lowest BCUT2D eigenvalue weighted by molar-refractivity contribution is -0.133. The molecular weight excluding hydrogens is 200 g/mol. The van der Waals surface area contributed by atoms with Crippen molar-refractivity contribution in [2.75, 3.05) is 0 Å². The van der Waals surface area contributed by atoms with Crippen LogP contribution in [-0.2, 0) is 4.79 Å². The van der Waals surface area contributed by atoms with Gasteiger partial charge in [0, 0.05) is 5.57 Å². The number of hydrogen-bond donors (Lipinski definition) is 1. The molecular formula is C14H26O2. The normalized spacial score (nSPS) is 12.9. The summed E-state index contributed by atoms with van der Waals surface area (Å²) in [6.45, 7) is 8.04. The average molecular weight is 226 g/mol. The number of aliphatic carboxylic acids is 1. The fourth-order valence-corrected chi connectivity index (χ4v) is 1.71. The number of carboxylic acid groups (broad SMARTS) is 1. The minimum Gasteiger partial charge on any atom is -0.478 e. The van der Waals surface area contributed by atoms with Crippen molar-refractivity contribution in [3.8, 4) is 0 Å². The van der Waals surface area contributed by atoms with E-state index in [4.69, 9.17) is 5.11 Å². The van der Waals surface area contributed by atoms with Crippen molar-refractivity contribution in [3.05, 3.63) is 11.6 Å². The molecule has 0 bridgehead atoms. The van der Waals surface area contributed by atoms with Crippen molar-refractivity contribution in [1.82, 2.24) is 0 Å². The molecule has 0 rings (SSSR count). The maximum absolute atomic E-state index is 11.0.